The van der Waals surface area contributed by atoms with Crippen LogP contribution in [0.15, 0.2) is 76.2 Å². The van der Waals surface area contributed by atoms with Crippen molar-refractivity contribution < 1.29 is 26.9 Å². The van der Waals surface area contributed by atoms with Gasteiger partial charge in [-0.05, 0) is 83.5 Å². The molecular weight excluding hydrogens is 538 g/mol. The summed E-state index contributed by atoms with van der Waals surface area (Å²) in [5.74, 6) is 0.891. The van der Waals surface area contributed by atoms with E-state index in [1.807, 2.05) is 22.7 Å². The van der Waals surface area contributed by atoms with Gasteiger partial charge in [0, 0.05) is 16.2 Å². The SMILES string of the molecule is CCOC(=O)CNc1c(-c2ccc(OS(=O)(=O)c3ccc(OC)cc3)cc2)nc2ccc(Br)cn12. The number of ether oxygens (including phenoxy) is 2. The number of fused-ring (bicyclic) bond motifs is 1. The molecular formula is C24H22BrN3O6S. The molecule has 0 atom stereocenters. The van der Waals surface area contributed by atoms with E-state index in [0.29, 0.717) is 28.5 Å². The molecule has 35 heavy (non-hydrogen) atoms. The van der Waals surface area contributed by atoms with Crippen molar-refractivity contribution in [3.63, 3.8) is 0 Å². The second kappa shape index (κ2) is 10.4. The van der Waals surface area contributed by atoms with Crippen LogP contribution in [-0.2, 0) is 19.6 Å². The van der Waals surface area contributed by atoms with Gasteiger partial charge in [0.1, 0.15) is 40.1 Å². The molecule has 0 amide bonds. The number of pyridine rings is 1. The fourth-order valence-corrected chi connectivity index (χ4v) is 4.61. The van der Waals surface area contributed by atoms with E-state index in [2.05, 4.69) is 26.2 Å². The minimum Gasteiger partial charge on any atom is -0.497 e. The number of hydrogen-bond donors (Lipinski definition) is 1. The fourth-order valence-electron chi connectivity index (χ4n) is 3.34. The van der Waals surface area contributed by atoms with Crippen LogP contribution in [0.3, 0.4) is 0 Å². The zero-order valence-electron chi connectivity index (χ0n) is 18.9. The van der Waals surface area contributed by atoms with Crippen molar-refractivity contribution in [2.24, 2.45) is 0 Å². The number of nitrogens with one attached hydrogen (secondary N) is 1. The van der Waals surface area contributed by atoms with E-state index in [-0.39, 0.29) is 23.8 Å². The van der Waals surface area contributed by atoms with Gasteiger partial charge in [-0.2, -0.15) is 8.42 Å². The third kappa shape index (κ3) is 5.57. The molecule has 0 saturated heterocycles. The van der Waals surface area contributed by atoms with Crippen LogP contribution in [0.5, 0.6) is 11.5 Å². The van der Waals surface area contributed by atoms with Crippen molar-refractivity contribution in [3.05, 3.63) is 71.3 Å². The van der Waals surface area contributed by atoms with Gasteiger partial charge in [-0.15, -0.1) is 0 Å². The van der Waals surface area contributed by atoms with Gasteiger partial charge in [-0.3, -0.25) is 9.20 Å². The number of carbonyl (C=O) groups is 1. The minimum atomic E-state index is -4.02. The Morgan fingerprint density at radius 3 is 2.37 bits per heavy atom. The van der Waals surface area contributed by atoms with Gasteiger partial charge in [-0.25, -0.2) is 4.98 Å². The van der Waals surface area contributed by atoms with Crippen LogP contribution in [-0.4, -0.2) is 44.0 Å². The number of rotatable bonds is 9. The van der Waals surface area contributed by atoms with E-state index in [1.54, 1.807) is 43.3 Å². The first kappa shape index (κ1) is 24.6. The minimum absolute atomic E-state index is 0.0127. The maximum atomic E-state index is 12.6. The van der Waals surface area contributed by atoms with E-state index < -0.39 is 16.1 Å². The molecule has 9 nitrogen and oxygen atoms in total. The highest BCUT2D eigenvalue weighted by Gasteiger charge is 2.19. The largest absolute Gasteiger partial charge is 0.497 e. The average Bonchev–Trinajstić information content (AvgIpc) is 3.20. The molecule has 0 aliphatic carbocycles. The predicted octanol–water partition coefficient (Wildman–Crippen LogP) is 4.52. The molecule has 0 bridgehead atoms. The smallest absolute Gasteiger partial charge is 0.339 e. The Balaban J connectivity index is 1.61. The molecule has 1 N–H and O–H groups in total. The molecule has 0 fully saturated rings. The van der Waals surface area contributed by atoms with Crippen LogP contribution in [0.2, 0.25) is 0 Å². The molecule has 4 rings (SSSR count). The van der Waals surface area contributed by atoms with Crippen molar-refractivity contribution >= 4 is 43.5 Å². The van der Waals surface area contributed by atoms with E-state index in [0.717, 1.165) is 4.47 Å². The van der Waals surface area contributed by atoms with E-state index >= 15 is 0 Å². The summed E-state index contributed by atoms with van der Waals surface area (Å²) in [6, 6.07) is 16.1. The molecule has 0 spiro atoms. The summed E-state index contributed by atoms with van der Waals surface area (Å²) in [6.45, 7) is 1.99. The number of methoxy groups -OCH3 is 1. The second-order valence-electron chi connectivity index (χ2n) is 7.28. The highest BCUT2D eigenvalue weighted by atomic mass is 79.9. The van der Waals surface area contributed by atoms with Crippen LogP contribution in [0.25, 0.3) is 16.9 Å². The van der Waals surface area contributed by atoms with E-state index in [1.165, 1.54) is 19.2 Å². The van der Waals surface area contributed by atoms with Crippen molar-refractivity contribution in [3.8, 4) is 22.8 Å². The lowest BCUT2D eigenvalue weighted by Gasteiger charge is -2.10. The molecule has 0 aliphatic heterocycles. The van der Waals surface area contributed by atoms with Crippen molar-refractivity contribution in [2.75, 3.05) is 25.6 Å². The van der Waals surface area contributed by atoms with Gasteiger partial charge in [-0.1, -0.05) is 0 Å². The van der Waals surface area contributed by atoms with Crippen molar-refractivity contribution in [1.29, 1.82) is 0 Å². The van der Waals surface area contributed by atoms with Crippen LogP contribution < -0.4 is 14.2 Å². The molecule has 0 saturated carbocycles. The van der Waals surface area contributed by atoms with Gasteiger partial charge in [0.15, 0.2) is 0 Å². The fraction of sp³-hybridized carbons (Fsp3) is 0.167. The Morgan fingerprint density at radius 2 is 1.71 bits per heavy atom. The number of esters is 1. The summed E-state index contributed by atoms with van der Waals surface area (Å²) in [4.78, 5) is 16.6. The number of imidazole rings is 1. The average molecular weight is 560 g/mol. The molecule has 2 aromatic carbocycles. The summed E-state index contributed by atoms with van der Waals surface area (Å²) >= 11 is 3.45. The Kier molecular flexibility index (Phi) is 7.27. The van der Waals surface area contributed by atoms with E-state index in [9.17, 15) is 13.2 Å². The molecule has 182 valence electrons. The van der Waals surface area contributed by atoms with Gasteiger partial charge < -0.3 is 19.0 Å². The Labute approximate surface area is 210 Å². The number of anilines is 1. The van der Waals surface area contributed by atoms with Crippen LogP contribution in [0.1, 0.15) is 6.92 Å². The van der Waals surface area contributed by atoms with Crippen molar-refractivity contribution in [2.45, 2.75) is 11.8 Å². The van der Waals surface area contributed by atoms with Crippen LogP contribution in [0.4, 0.5) is 5.82 Å². The number of benzene rings is 2. The first-order chi connectivity index (χ1) is 16.8. The third-order valence-electron chi connectivity index (χ3n) is 4.97. The highest BCUT2D eigenvalue weighted by molar-refractivity contribution is 9.10. The first-order valence-electron chi connectivity index (χ1n) is 10.6. The molecule has 4 aromatic rings. The van der Waals surface area contributed by atoms with Crippen LogP contribution >= 0.6 is 15.9 Å². The molecule has 0 aliphatic rings. The van der Waals surface area contributed by atoms with Crippen LogP contribution in [0, 0.1) is 0 Å². The summed E-state index contributed by atoms with van der Waals surface area (Å²) in [6.07, 6.45) is 1.83. The molecule has 2 heterocycles. The standard InChI is InChI=1S/C24H22BrN3O6S/c1-3-33-22(29)14-26-24-23(27-21-13-6-17(25)15-28(21)24)16-4-7-19(8-5-16)34-35(30,31)20-11-9-18(32-2)10-12-20/h4-13,15,26H,3,14H2,1-2H3. The first-order valence-corrected chi connectivity index (χ1v) is 12.8. The lowest BCUT2D eigenvalue weighted by molar-refractivity contribution is -0.140. The second-order valence-corrected chi connectivity index (χ2v) is 9.74. The zero-order valence-corrected chi connectivity index (χ0v) is 21.3. The maximum Gasteiger partial charge on any atom is 0.339 e. The summed E-state index contributed by atoms with van der Waals surface area (Å²) in [5, 5.41) is 3.10. The number of nitrogens with zero attached hydrogens (tertiary/aromatic N) is 2. The van der Waals surface area contributed by atoms with Crippen molar-refractivity contribution in [1.82, 2.24) is 9.38 Å². The lowest BCUT2D eigenvalue weighted by atomic mass is 10.1. The monoisotopic (exact) mass is 559 g/mol. The van der Waals surface area contributed by atoms with Gasteiger partial charge >= 0.3 is 16.1 Å². The number of carbonyl (C=O) groups excluding carboxylic acids is 1. The number of hydrogen-bond acceptors (Lipinski definition) is 8. The zero-order chi connectivity index (χ0) is 25.0. The van der Waals surface area contributed by atoms with Gasteiger partial charge in [0.2, 0.25) is 0 Å². The third-order valence-corrected chi connectivity index (χ3v) is 6.70. The molecule has 11 heteroatoms. The topological polar surface area (TPSA) is 108 Å². The molecule has 2 aromatic heterocycles. The summed E-state index contributed by atoms with van der Waals surface area (Å²) < 4.78 is 43.3. The normalized spacial score (nSPS) is 11.3. The summed E-state index contributed by atoms with van der Waals surface area (Å²) in [5.41, 5.74) is 1.94. The Hall–Kier alpha value is -3.57. The van der Waals surface area contributed by atoms with Gasteiger partial charge in [0.05, 0.1) is 13.7 Å². The van der Waals surface area contributed by atoms with Gasteiger partial charge in [0.25, 0.3) is 0 Å². The predicted molar refractivity (Wildman–Crippen MR) is 134 cm³/mol. The Morgan fingerprint density at radius 1 is 1.03 bits per heavy atom. The van der Waals surface area contributed by atoms with E-state index in [4.69, 9.17) is 13.7 Å². The molecule has 0 unspecified atom stereocenters. The highest BCUT2D eigenvalue weighted by Crippen LogP contribution is 2.31. The number of aromatic nitrogens is 2. The molecule has 0 radical (unpaired) electrons. The summed E-state index contributed by atoms with van der Waals surface area (Å²) in [7, 11) is -2.52. The lowest BCUT2D eigenvalue weighted by Crippen LogP contribution is -2.17. The Bertz CT molecular complexity index is 1450. The maximum absolute atomic E-state index is 12.6. The number of halogens is 1. The quantitative estimate of drug-likeness (QED) is 0.235.